The third-order valence-electron chi connectivity index (χ3n) is 3.62. The van der Waals surface area contributed by atoms with Crippen molar-refractivity contribution < 1.29 is 18.7 Å². The molecule has 1 aromatic carbocycles. The molecule has 1 aromatic rings. The normalized spacial score (nSPS) is 16.5. The van der Waals surface area contributed by atoms with Crippen LogP contribution in [0.4, 0.5) is 4.39 Å². The first-order chi connectivity index (χ1) is 11.4. The quantitative estimate of drug-likeness (QED) is 0.321. The molecule has 1 aliphatic carbocycles. The second kappa shape index (κ2) is 7.59. The Morgan fingerprint density at radius 1 is 1.25 bits per heavy atom. The number of halogens is 1. The van der Waals surface area contributed by atoms with Crippen LogP contribution in [-0.2, 0) is 9.53 Å². The van der Waals surface area contributed by atoms with E-state index in [0.29, 0.717) is 12.2 Å². The van der Waals surface area contributed by atoms with Crippen molar-refractivity contribution in [2.24, 2.45) is 5.92 Å². The summed E-state index contributed by atoms with van der Waals surface area (Å²) in [6.45, 7) is 12.5. The van der Waals surface area contributed by atoms with Crippen molar-refractivity contribution in [1.29, 1.82) is 0 Å². The maximum Gasteiger partial charge on any atom is 0.335 e. The Balaban J connectivity index is 2.23. The number of benzene rings is 1. The van der Waals surface area contributed by atoms with Gasteiger partial charge in [-0.05, 0) is 41.3 Å². The molecule has 24 heavy (non-hydrogen) atoms. The fourth-order valence-corrected chi connectivity index (χ4v) is 2.40. The van der Waals surface area contributed by atoms with Crippen LogP contribution in [0.3, 0.4) is 0 Å². The minimum Gasteiger partial charge on any atom is -0.455 e. The van der Waals surface area contributed by atoms with Crippen molar-refractivity contribution in [3.8, 4) is 5.75 Å². The van der Waals surface area contributed by atoms with Crippen LogP contribution < -0.4 is 4.74 Å². The van der Waals surface area contributed by atoms with Gasteiger partial charge in [-0.3, -0.25) is 0 Å². The number of allylic oxidation sites excluding steroid dienone is 5. The third kappa shape index (κ3) is 4.10. The summed E-state index contributed by atoms with van der Waals surface area (Å²) in [6, 6.07) is 4.76. The molecule has 2 rings (SSSR count). The molecule has 4 heteroatoms. The van der Waals surface area contributed by atoms with Gasteiger partial charge in [-0.2, -0.15) is 0 Å². The lowest BCUT2D eigenvalue weighted by Gasteiger charge is -2.21. The zero-order valence-corrected chi connectivity index (χ0v) is 13.5. The fourth-order valence-electron chi connectivity index (χ4n) is 2.40. The maximum absolute atomic E-state index is 14.2. The fraction of sp³-hybridized carbons (Fsp3) is 0.150. The molecule has 0 aromatic heterocycles. The lowest BCUT2D eigenvalue weighted by molar-refractivity contribution is -0.134. The summed E-state index contributed by atoms with van der Waals surface area (Å²) in [5.41, 5.74) is 1.71. The Hall–Kier alpha value is -2.88. The molecule has 1 unspecified atom stereocenters. The topological polar surface area (TPSA) is 35.5 Å². The van der Waals surface area contributed by atoms with Crippen LogP contribution in [0.1, 0.15) is 18.9 Å². The summed E-state index contributed by atoms with van der Waals surface area (Å²) < 4.78 is 24.6. The van der Waals surface area contributed by atoms with Crippen LogP contribution in [0.5, 0.6) is 5.75 Å². The van der Waals surface area contributed by atoms with E-state index >= 15 is 0 Å². The minimum absolute atomic E-state index is 0.0805. The van der Waals surface area contributed by atoms with E-state index in [9.17, 15) is 9.18 Å². The Kier molecular flexibility index (Phi) is 5.53. The molecule has 0 radical (unpaired) electrons. The Morgan fingerprint density at radius 2 is 2.00 bits per heavy atom. The van der Waals surface area contributed by atoms with E-state index in [1.807, 2.05) is 13.0 Å². The molecule has 0 heterocycles. The lowest BCUT2D eigenvalue weighted by Crippen LogP contribution is -2.09. The Morgan fingerprint density at radius 3 is 2.58 bits per heavy atom. The highest BCUT2D eigenvalue weighted by molar-refractivity contribution is 5.82. The van der Waals surface area contributed by atoms with Crippen LogP contribution in [0.15, 0.2) is 73.8 Å². The van der Waals surface area contributed by atoms with E-state index in [4.69, 9.17) is 9.47 Å². The first-order valence-corrected chi connectivity index (χ1v) is 7.48. The highest BCUT2D eigenvalue weighted by Crippen LogP contribution is 2.34. The number of carbonyl (C=O) groups is 1. The van der Waals surface area contributed by atoms with Gasteiger partial charge in [0, 0.05) is 12.5 Å². The highest BCUT2D eigenvalue weighted by Gasteiger charge is 2.20. The number of carbonyl (C=O) groups excluding carboxylic acids is 1. The average molecular weight is 326 g/mol. The van der Waals surface area contributed by atoms with Gasteiger partial charge in [-0.15, -0.1) is 0 Å². The largest absolute Gasteiger partial charge is 0.455 e. The van der Waals surface area contributed by atoms with Crippen molar-refractivity contribution in [3.05, 3.63) is 85.1 Å². The molecule has 0 saturated carbocycles. The summed E-state index contributed by atoms with van der Waals surface area (Å²) in [7, 11) is 0. The monoisotopic (exact) mass is 326 g/mol. The summed E-state index contributed by atoms with van der Waals surface area (Å²) in [5.74, 6) is 0.0694. The van der Waals surface area contributed by atoms with Gasteiger partial charge in [-0.1, -0.05) is 38.8 Å². The smallest absolute Gasteiger partial charge is 0.335 e. The highest BCUT2D eigenvalue weighted by atomic mass is 19.1. The lowest BCUT2D eigenvalue weighted by atomic mass is 9.87. The van der Waals surface area contributed by atoms with Gasteiger partial charge in [0.2, 0.25) is 0 Å². The van der Waals surface area contributed by atoms with Gasteiger partial charge in [-0.25, -0.2) is 9.18 Å². The third-order valence-corrected chi connectivity index (χ3v) is 3.62. The number of hydrogen-bond acceptors (Lipinski definition) is 3. The standard InChI is InChI=1S/C20H19FO3/c1-5-14(4)23-19-10-7-15(12-18(19)21)17-9-8-16(11-13(17)3)24-20(22)6-2/h5-10,12-13H,1-2,4,11H2,3H3. The van der Waals surface area contributed by atoms with Crippen LogP contribution in [-0.4, -0.2) is 5.97 Å². The summed E-state index contributed by atoms with van der Waals surface area (Å²) in [4.78, 5) is 11.3. The Bertz CT molecular complexity index is 756. The molecule has 0 saturated heterocycles. The van der Waals surface area contributed by atoms with E-state index in [2.05, 4.69) is 19.7 Å². The maximum atomic E-state index is 14.2. The molecular weight excluding hydrogens is 307 g/mol. The number of rotatable bonds is 6. The molecule has 0 N–H and O–H groups in total. The number of hydrogen-bond donors (Lipinski definition) is 0. The zero-order chi connectivity index (χ0) is 17.7. The number of ether oxygens (including phenoxy) is 2. The second-order valence-electron chi connectivity index (χ2n) is 5.40. The average Bonchev–Trinajstić information content (AvgIpc) is 2.56. The van der Waals surface area contributed by atoms with E-state index in [1.54, 1.807) is 18.2 Å². The zero-order valence-electron chi connectivity index (χ0n) is 13.5. The molecule has 0 amide bonds. The number of esters is 1. The summed E-state index contributed by atoms with van der Waals surface area (Å²) >= 11 is 0. The van der Waals surface area contributed by atoms with Crippen molar-refractivity contribution in [3.63, 3.8) is 0 Å². The van der Waals surface area contributed by atoms with Gasteiger partial charge in [0.1, 0.15) is 11.5 Å². The predicted molar refractivity (Wildman–Crippen MR) is 92.5 cm³/mol. The summed E-state index contributed by atoms with van der Waals surface area (Å²) in [6.07, 6.45) is 6.64. The molecule has 1 aliphatic rings. The first kappa shape index (κ1) is 17.5. The van der Waals surface area contributed by atoms with Gasteiger partial charge in [0.15, 0.2) is 11.6 Å². The van der Waals surface area contributed by atoms with Gasteiger partial charge >= 0.3 is 5.97 Å². The molecule has 124 valence electrons. The minimum atomic E-state index is -0.486. The molecular formula is C20H19FO3. The SMILES string of the molecule is C=CC(=C)Oc1ccc(C2=CC=C(OC(=O)C=C)CC2C)cc1F. The van der Waals surface area contributed by atoms with Crippen LogP contribution in [0.2, 0.25) is 0 Å². The van der Waals surface area contributed by atoms with Crippen molar-refractivity contribution in [1.82, 2.24) is 0 Å². The molecule has 1 atom stereocenters. The molecule has 3 nitrogen and oxygen atoms in total. The van der Waals surface area contributed by atoms with E-state index in [1.165, 1.54) is 12.1 Å². The second-order valence-corrected chi connectivity index (χ2v) is 5.40. The van der Waals surface area contributed by atoms with Gasteiger partial charge < -0.3 is 9.47 Å². The van der Waals surface area contributed by atoms with E-state index in [-0.39, 0.29) is 17.4 Å². The van der Waals surface area contributed by atoms with E-state index < -0.39 is 11.8 Å². The first-order valence-electron chi connectivity index (χ1n) is 7.48. The van der Waals surface area contributed by atoms with Gasteiger partial charge in [0.25, 0.3) is 0 Å². The van der Waals surface area contributed by atoms with Crippen LogP contribution in [0, 0.1) is 11.7 Å². The van der Waals surface area contributed by atoms with Crippen molar-refractivity contribution >= 4 is 11.5 Å². The van der Waals surface area contributed by atoms with Crippen molar-refractivity contribution in [2.75, 3.05) is 0 Å². The predicted octanol–water partition coefficient (Wildman–Crippen LogP) is 4.94. The van der Waals surface area contributed by atoms with Gasteiger partial charge in [0.05, 0.1) is 0 Å². The van der Waals surface area contributed by atoms with Crippen LogP contribution in [0.25, 0.3) is 5.57 Å². The summed E-state index contributed by atoms with van der Waals surface area (Å²) in [5, 5.41) is 0. The molecule has 0 aliphatic heterocycles. The molecule has 0 bridgehead atoms. The Labute approximate surface area is 141 Å². The molecule has 0 fully saturated rings. The van der Waals surface area contributed by atoms with Crippen molar-refractivity contribution in [2.45, 2.75) is 13.3 Å². The van der Waals surface area contributed by atoms with Crippen LogP contribution >= 0.6 is 0 Å². The van der Waals surface area contributed by atoms with E-state index in [0.717, 1.165) is 17.2 Å². The molecule has 0 spiro atoms.